The van der Waals surface area contributed by atoms with Gasteiger partial charge in [0.15, 0.2) is 0 Å². The van der Waals surface area contributed by atoms with Gasteiger partial charge in [0.25, 0.3) is 0 Å². The van der Waals surface area contributed by atoms with Crippen LogP contribution in [-0.4, -0.2) is 17.4 Å². The summed E-state index contributed by atoms with van der Waals surface area (Å²) in [5.74, 6) is 0. The van der Waals surface area contributed by atoms with E-state index in [1.807, 2.05) is 0 Å². The molecule has 1 saturated heterocycles. The molecule has 5 heteroatoms. The van der Waals surface area contributed by atoms with Crippen molar-refractivity contribution in [2.24, 2.45) is 5.73 Å². The van der Waals surface area contributed by atoms with E-state index in [4.69, 9.17) is 5.73 Å². The molecule has 3 N–H and O–H groups in total. The molecule has 10 heavy (non-hydrogen) atoms. The third-order valence-corrected chi connectivity index (χ3v) is 0.957. The molecular formula is C5H12N2S2Zn+2. The van der Waals surface area contributed by atoms with Crippen molar-refractivity contribution in [2.45, 2.75) is 12.8 Å². The molecule has 1 rings (SSSR count). The van der Waals surface area contributed by atoms with E-state index in [0.717, 1.165) is 0 Å². The van der Waals surface area contributed by atoms with Crippen LogP contribution in [0.2, 0.25) is 0 Å². The van der Waals surface area contributed by atoms with E-state index in [0.29, 0.717) is 0 Å². The van der Waals surface area contributed by atoms with Gasteiger partial charge in [-0.25, -0.2) is 0 Å². The second-order valence-corrected chi connectivity index (χ2v) is 3.02. The number of hydrogen-bond donors (Lipinski definition) is 3. The summed E-state index contributed by atoms with van der Waals surface area (Å²) >= 11 is 7.65. The number of nitrogens with two attached hydrogens (primary N) is 1. The molecule has 54 valence electrons. The van der Waals surface area contributed by atoms with Crippen molar-refractivity contribution in [3.8, 4) is 0 Å². The van der Waals surface area contributed by atoms with Gasteiger partial charge in [-0.05, 0) is 25.9 Å². The molecule has 0 aromatic rings. The minimum absolute atomic E-state index is 0. The minimum Gasteiger partial charge on any atom is -0.385 e. The average molecular weight is 230 g/mol. The topological polar surface area (TPSA) is 38.0 Å². The van der Waals surface area contributed by atoms with Crippen molar-refractivity contribution in [2.75, 3.05) is 13.1 Å². The van der Waals surface area contributed by atoms with Gasteiger partial charge in [0, 0.05) is 0 Å². The van der Waals surface area contributed by atoms with Gasteiger partial charge >= 0.3 is 19.5 Å². The van der Waals surface area contributed by atoms with Crippen LogP contribution in [0.5, 0.6) is 0 Å². The molecule has 0 atom stereocenters. The Labute approximate surface area is 85.5 Å². The zero-order valence-corrected chi connectivity index (χ0v) is 10.6. The molecule has 0 spiro atoms. The van der Waals surface area contributed by atoms with Crippen LogP contribution in [-0.2, 0) is 19.5 Å². The normalized spacial score (nSPS) is 14.5. The van der Waals surface area contributed by atoms with Crippen molar-refractivity contribution in [1.82, 2.24) is 5.32 Å². The first-order valence-corrected chi connectivity index (χ1v) is 3.78. The van der Waals surface area contributed by atoms with Gasteiger partial charge in [-0.2, -0.15) is 0 Å². The number of thiol groups is 1. The fraction of sp³-hybridized carbons (Fsp3) is 0.800. The maximum absolute atomic E-state index is 4.71. The summed E-state index contributed by atoms with van der Waals surface area (Å²) in [6.45, 7) is 2.50. The molecule has 0 aliphatic carbocycles. The monoisotopic (exact) mass is 228 g/mol. The Kier molecular flexibility index (Phi) is 13.2. The molecule has 1 aliphatic rings. The second-order valence-electron chi connectivity index (χ2n) is 1.80. The van der Waals surface area contributed by atoms with E-state index in [2.05, 4.69) is 30.2 Å². The van der Waals surface area contributed by atoms with Crippen LogP contribution < -0.4 is 11.1 Å². The first kappa shape index (κ1) is 13.4. The van der Waals surface area contributed by atoms with Crippen LogP contribution in [0.25, 0.3) is 0 Å². The quantitative estimate of drug-likeness (QED) is 0.322. The van der Waals surface area contributed by atoms with E-state index in [9.17, 15) is 0 Å². The molecule has 1 aliphatic heterocycles. The van der Waals surface area contributed by atoms with Gasteiger partial charge in [0.05, 0.1) is 0 Å². The van der Waals surface area contributed by atoms with Crippen molar-refractivity contribution >= 4 is 29.2 Å². The molecule has 0 radical (unpaired) electrons. The molecule has 0 aromatic carbocycles. The molecule has 2 nitrogen and oxygen atoms in total. The summed E-state index contributed by atoms with van der Waals surface area (Å²) in [6, 6.07) is 0. The summed E-state index contributed by atoms with van der Waals surface area (Å²) < 4.78 is 0.194. The molecule has 1 fully saturated rings. The van der Waals surface area contributed by atoms with Crippen LogP contribution in [0.3, 0.4) is 0 Å². The van der Waals surface area contributed by atoms with E-state index in [1.165, 1.54) is 25.9 Å². The zero-order chi connectivity index (χ0) is 7.11. The van der Waals surface area contributed by atoms with Crippen LogP contribution >= 0.6 is 24.8 Å². The summed E-state index contributed by atoms with van der Waals surface area (Å²) in [5, 5.41) is 3.22. The first-order chi connectivity index (χ1) is 4.23. The summed E-state index contributed by atoms with van der Waals surface area (Å²) in [6.07, 6.45) is 2.78. The SMILES string of the molecule is C1CCNC1.NC(=S)S.[Zn+2]. The number of nitrogens with one attached hydrogen (secondary N) is 1. The molecule has 0 bridgehead atoms. The molecule has 0 saturated carbocycles. The number of hydrogen-bond acceptors (Lipinski definition) is 2. The minimum atomic E-state index is 0. The Hall–Kier alpha value is 0.823. The Bertz CT molecular complexity index is 74.1. The molecule has 0 amide bonds. The molecule has 1 heterocycles. The summed E-state index contributed by atoms with van der Waals surface area (Å²) in [5.41, 5.74) is 4.71. The van der Waals surface area contributed by atoms with Gasteiger partial charge < -0.3 is 11.1 Å². The fourth-order valence-corrected chi connectivity index (χ4v) is 0.625. The van der Waals surface area contributed by atoms with Gasteiger partial charge in [0.2, 0.25) is 0 Å². The van der Waals surface area contributed by atoms with E-state index in [1.54, 1.807) is 0 Å². The van der Waals surface area contributed by atoms with Crippen LogP contribution in [0.4, 0.5) is 0 Å². The van der Waals surface area contributed by atoms with Crippen molar-refractivity contribution < 1.29 is 19.5 Å². The predicted molar refractivity (Wildman–Crippen MR) is 47.9 cm³/mol. The van der Waals surface area contributed by atoms with Gasteiger partial charge in [-0.3, -0.25) is 0 Å². The van der Waals surface area contributed by atoms with E-state index < -0.39 is 0 Å². The second kappa shape index (κ2) is 9.82. The largest absolute Gasteiger partial charge is 2.00 e. The Morgan fingerprint density at radius 2 is 1.70 bits per heavy atom. The Morgan fingerprint density at radius 3 is 1.80 bits per heavy atom. The third-order valence-electron chi connectivity index (χ3n) is 0.957. The van der Waals surface area contributed by atoms with Gasteiger partial charge in [-0.1, -0.05) is 12.2 Å². The maximum Gasteiger partial charge on any atom is 2.00 e. The third kappa shape index (κ3) is 15.9. The Balaban J connectivity index is 0. The standard InChI is InChI=1S/C4H9N.CH3NS2.Zn/c1-2-4-5-3-1;2-1(3)4;/h5H,1-4H2;(H3,2,3,4);/q;;+2. The fourth-order valence-electron chi connectivity index (χ4n) is 0.625. The maximum atomic E-state index is 4.71. The first-order valence-electron chi connectivity index (χ1n) is 2.92. The molecular weight excluding hydrogens is 218 g/mol. The molecule has 0 unspecified atom stereocenters. The van der Waals surface area contributed by atoms with Crippen molar-refractivity contribution in [3.63, 3.8) is 0 Å². The predicted octanol–water partition coefficient (Wildman–Crippen LogP) is 0.527. The Morgan fingerprint density at radius 1 is 1.40 bits per heavy atom. The number of thiocarbonyl (C=S) groups is 1. The summed E-state index contributed by atoms with van der Waals surface area (Å²) in [7, 11) is 0. The van der Waals surface area contributed by atoms with Crippen molar-refractivity contribution in [3.05, 3.63) is 0 Å². The van der Waals surface area contributed by atoms with Crippen LogP contribution in [0.1, 0.15) is 12.8 Å². The van der Waals surface area contributed by atoms with Crippen molar-refractivity contribution in [1.29, 1.82) is 0 Å². The van der Waals surface area contributed by atoms with E-state index in [-0.39, 0.29) is 23.8 Å². The van der Waals surface area contributed by atoms with Gasteiger partial charge in [-0.15, -0.1) is 12.6 Å². The van der Waals surface area contributed by atoms with Crippen LogP contribution in [0.15, 0.2) is 0 Å². The zero-order valence-electron chi connectivity index (χ0n) is 5.97. The number of rotatable bonds is 0. The smallest absolute Gasteiger partial charge is 0.385 e. The van der Waals surface area contributed by atoms with E-state index >= 15 is 0 Å². The van der Waals surface area contributed by atoms with Gasteiger partial charge in [0.1, 0.15) is 4.32 Å². The van der Waals surface area contributed by atoms with Crippen LogP contribution in [0, 0.1) is 0 Å². The summed E-state index contributed by atoms with van der Waals surface area (Å²) in [4.78, 5) is 0. The average Bonchev–Trinajstić information content (AvgIpc) is 2.11. The molecule has 0 aromatic heterocycles.